The molecule has 1 saturated heterocycles. The lowest BCUT2D eigenvalue weighted by Gasteiger charge is -2.38. The Morgan fingerprint density at radius 2 is 1.97 bits per heavy atom. The third kappa shape index (κ3) is 4.96. The van der Waals surface area contributed by atoms with Crippen LogP contribution in [0.15, 0.2) is 47.4 Å². The smallest absolute Gasteiger partial charge is 0.306 e. The molecule has 0 spiro atoms. The van der Waals surface area contributed by atoms with E-state index in [1.54, 1.807) is 18.2 Å². The number of nitrogens with zero attached hydrogens (tertiary/aromatic N) is 2. The standard InChI is InChI=1S/C21H21FN2O5S2/c1-28-15-5-7-17(8-6-15)31(26,27)10-2-3-20(25)29-16-12-24(13-16)21-23-18-9-4-14(22)11-19(18)30-21/h4-9,11,16H,2-3,10,12-13H2,1H3. The predicted octanol–water partition coefficient (Wildman–Crippen LogP) is 3.43. The monoisotopic (exact) mass is 464 g/mol. The van der Waals surface area contributed by atoms with Gasteiger partial charge in [0.25, 0.3) is 0 Å². The van der Waals surface area contributed by atoms with E-state index < -0.39 is 15.8 Å². The first-order valence-electron chi connectivity index (χ1n) is 9.71. The SMILES string of the molecule is COc1ccc(S(=O)(=O)CCCC(=O)OC2CN(c3nc4ccc(F)cc4s3)C2)cc1. The van der Waals surface area contributed by atoms with Crippen molar-refractivity contribution in [2.45, 2.75) is 23.8 Å². The molecule has 1 aliphatic rings. The highest BCUT2D eigenvalue weighted by molar-refractivity contribution is 7.91. The molecule has 31 heavy (non-hydrogen) atoms. The van der Waals surface area contributed by atoms with Crippen LogP contribution in [0.1, 0.15) is 12.8 Å². The molecule has 10 heteroatoms. The molecule has 2 heterocycles. The number of anilines is 1. The van der Waals surface area contributed by atoms with Crippen LogP contribution in [0.25, 0.3) is 10.2 Å². The van der Waals surface area contributed by atoms with Crippen molar-refractivity contribution in [2.75, 3.05) is 30.9 Å². The number of methoxy groups -OCH3 is 1. The Morgan fingerprint density at radius 1 is 1.23 bits per heavy atom. The zero-order valence-electron chi connectivity index (χ0n) is 16.8. The number of fused-ring (bicyclic) bond motifs is 1. The summed E-state index contributed by atoms with van der Waals surface area (Å²) in [6, 6.07) is 10.6. The Bertz CT molecular complexity index is 1190. The number of esters is 1. The van der Waals surface area contributed by atoms with Gasteiger partial charge in [-0.2, -0.15) is 0 Å². The number of hydrogen-bond donors (Lipinski definition) is 0. The average Bonchev–Trinajstić information content (AvgIpc) is 3.12. The van der Waals surface area contributed by atoms with Crippen molar-refractivity contribution >= 4 is 42.5 Å². The third-order valence-electron chi connectivity index (χ3n) is 4.97. The van der Waals surface area contributed by atoms with Crippen molar-refractivity contribution in [3.8, 4) is 5.75 Å². The van der Waals surface area contributed by atoms with Crippen molar-refractivity contribution in [3.63, 3.8) is 0 Å². The van der Waals surface area contributed by atoms with Crippen LogP contribution in [0.3, 0.4) is 0 Å². The number of hydrogen-bond acceptors (Lipinski definition) is 8. The summed E-state index contributed by atoms with van der Waals surface area (Å²) in [6.45, 7) is 1.02. The van der Waals surface area contributed by atoms with Crippen molar-refractivity contribution in [2.24, 2.45) is 0 Å². The number of aromatic nitrogens is 1. The Balaban J connectivity index is 1.21. The summed E-state index contributed by atoms with van der Waals surface area (Å²) in [7, 11) is -1.96. The molecule has 2 aromatic carbocycles. The van der Waals surface area contributed by atoms with Gasteiger partial charge in [0.2, 0.25) is 0 Å². The summed E-state index contributed by atoms with van der Waals surface area (Å²) in [5.74, 6) is -0.267. The molecule has 0 radical (unpaired) electrons. The van der Waals surface area contributed by atoms with Gasteiger partial charge in [-0.15, -0.1) is 0 Å². The molecule has 0 aliphatic carbocycles. The molecule has 0 unspecified atom stereocenters. The van der Waals surface area contributed by atoms with Crippen LogP contribution < -0.4 is 9.64 Å². The van der Waals surface area contributed by atoms with E-state index in [2.05, 4.69) is 4.98 Å². The van der Waals surface area contributed by atoms with Crippen LogP contribution in [-0.2, 0) is 19.4 Å². The third-order valence-corrected chi connectivity index (χ3v) is 7.86. The summed E-state index contributed by atoms with van der Waals surface area (Å²) in [4.78, 5) is 18.7. The second-order valence-corrected chi connectivity index (χ2v) is 10.3. The molecule has 1 fully saturated rings. The van der Waals surface area contributed by atoms with E-state index in [-0.39, 0.29) is 35.4 Å². The minimum absolute atomic E-state index is 0.0340. The summed E-state index contributed by atoms with van der Waals surface area (Å²) in [6.07, 6.45) is -0.0336. The fourth-order valence-corrected chi connectivity index (χ4v) is 5.56. The molecule has 0 saturated carbocycles. The van der Waals surface area contributed by atoms with Crippen LogP contribution in [0.5, 0.6) is 5.75 Å². The highest BCUT2D eigenvalue weighted by Crippen LogP contribution is 2.32. The van der Waals surface area contributed by atoms with Gasteiger partial charge in [0, 0.05) is 6.42 Å². The van der Waals surface area contributed by atoms with Gasteiger partial charge >= 0.3 is 5.97 Å². The number of halogens is 1. The normalized spacial score (nSPS) is 14.5. The van der Waals surface area contributed by atoms with Gasteiger partial charge in [-0.05, 0) is 48.9 Å². The van der Waals surface area contributed by atoms with Gasteiger partial charge in [0.15, 0.2) is 15.0 Å². The quantitative estimate of drug-likeness (QED) is 0.472. The summed E-state index contributed by atoms with van der Waals surface area (Å²) >= 11 is 1.39. The fourth-order valence-electron chi connectivity index (χ4n) is 3.24. The van der Waals surface area contributed by atoms with Gasteiger partial charge in [-0.1, -0.05) is 11.3 Å². The first-order chi connectivity index (χ1) is 14.8. The molecule has 0 amide bonds. The van der Waals surface area contributed by atoms with Crippen LogP contribution >= 0.6 is 11.3 Å². The van der Waals surface area contributed by atoms with E-state index in [4.69, 9.17) is 9.47 Å². The molecule has 1 aliphatic heterocycles. The molecular formula is C21H21FN2O5S2. The number of sulfone groups is 1. The lowest BCUT2D eigenvalue weighted by molar-refractivity contribution is -0.150. The highest BCUT2D eigenvalue weighted by Gasteiger charge is 2.32. The lowest BCUT2D eigenvalue weighted by atomic mass is 10.2. The minimum Gasteiger partial charge on any atom is -0.497 e. The zero-order chi connectivity index (χ0) is 22.0. The average molecular weight is 465 g/mol. The van der Waals surface area contributed by atoms with Crippen molar-refractivity contribution in [1.82, 2.24) is 4.98 Å². The number of benzene rings is 2. The summed E-state index contributed by atoms with van der Waals surface area (Å²) in [5.41, 5.74) is 0.736. The molecule has 164 valence electrons. The van der Waals surface area contributed by atoms with Crippen LogP contribution in [0.4, 0.5) is 9.52 Å². The maximum absolute atomic E-state index is 13.3. The van der Waals surface area contributed by atoms with Crippen LogP contribution in [-0.4, -0.2) is 51.4 Å². The van der Waals surface area contributed by atoms with E-state index in [1.807, 2.05) is 4.90 Å². The number of carbonyl (C=O) groups excluding carboxylic acids is 1. The van der Waals surface area contributed by atoms with Gasteiger partial charge in [-0.3, -0.25) is 4.79 Å². The van der Waals surface area contributed by atoms with E-state index in [9.17, 15) is 17.6 Å². The van der Waals surface area contributed by atoms with E-state index >= 15 is 0 Å². The Morgan fingerprint density at radius 3 is 2.68 bits per heavy atom. The second-order valence-electron chi connectivity index (χ2n) is 7.22. The number of thiazole rings is 1. The largest absolute Gasteiger partial charge is 0.497 e. The Labute approximate surface area is 183 Å². The number of ether oxygens (including phenoxy) is 2. The van der Waals surface area contributed by atoms with Gasteiger partial charge < -0.3 is 14.4 Å². The zero-order valence-corrected chi connectivity index (χ0v) is 18.4. The van der Waals surface area contributed by atoms with Gasteiger partial charge in [0.05, 0.1) is 41.1 Å². The maximum atomic E-state index is 13.3. The Kier molecular flexibility index (Phi) is 6.10. The topological polar surface area (TPSA) is 85.8 Å². The van der Waals surface area contributed by atoms with Crippen LogP contribution in [0, 0.1) is 5.82 Å². The van der Waals surface area contributed by atoms with E-state index in [0.717, 1.165) is 15.3 Å². The molecule has 0 N–H and O–H groups in total. The molecule has 1 aromatic heterocycles. The number of carbonyl (C=O) groups is 1. The molecule has 0 atom stereocenters. The first kappa shape index (κ1) is 21.5. The lowest BCUT2D eigenvalue weighted by Crippen LogP contribution is -2.53. The second kappa shape index (κ2) is 8.80. The van der Waals surface area contributed by atoms with Gasteiger partial charge in [-0.25, -0.2) is 17.8 Å². The maximum Gasteiger partial charge on any atom is 0.306 e. The molecule has 3 aromatic rings. The summed E-state index contributed by atoms with van der Waals surface area (Å²) < 4.78 is 49.3. The predicted molar refractivity (Wildman–Crippen MR) is 116 cm³/mol. The number of rotatable bonds is 8. The fraction of sp³-hybridized carbons (Fsp3) is 0.333. The summed E-state index contributed by atoms with van der Waals surface area (Å²) in [5, 5.41) is 0.762. The van der Waals surface area contributed by atoms with Crippen LogP contribution in [0.2, 0.25) is 0 Å². The van der Waals surface area contributed by atoms with Crippen molar-refractivity contribution in [3.05, 3.63) is 48.3 Å². The van der Waals surface area contributed by atoms with Gasteiger partial charge in [0.1, 0.15) is 17.7 Å². The first-order valence-corrected chi connectivity index (χ1v) is 12.2. The highest BCUT2D eigenvalue weighted by atomic mass is 32.2. The Hall–Kier alpha value is -2.72. The van der Waals surface area contributed by atoms with Crippen molar-refractivity contribution in [1.29, 1.82) is 0 Å². The van der Waals surface area contributed by atoms with E-state index in [0.29, 0.717) is 18.8 Å². The molecule has 7 nitrogen and oxygen atoms in total. The molecular weight excluding hydrogens is 443 g/mol. The van der Waals surface area contributed by atoms with Crippen molar-refractivity contribution < 1.29 is 27.1 Å². The molecule has 4 rings (SSSR count). The minimum atomic E-state index is -3.47. The molecule has 0 bridgehead atoms. The van der Waals surface area contributed by atoms with E-state index in [1.165, 1.54) is 42.7 Å².